The molecule has 2 aromatic rings. The van der Waals surface area contributed by atoms with E-state index in [1.807, 2.05) is 31.2 Å². The number of carbonyl (C=O) groups is 1. The zero-order valence-electron chi connectivity index (χ0n) is 13.0. The van der Waals surface area contributed by atoms with Gasteiger partial charge in [0.2, 0.25) is 0 Å². The van der Waals surface area contributed by atoms with Crippen molar-refractivity contribution in [2.24, 2.45) is 0 Å². The Hall–Kier alpha value is -2.73. The monoisotopic (exact) mass is 314 g/mol. The highest BCUT2D eigenvalue weighted by Gasteiger charge is 2.16. The maximum absolute atomic E-state index is 11.4. The van der Waals surface area contributed by atoms with Crippen molar-refractivity contribution >= 4 is 22.8 Å². The number of hydrogen-bond donors (Lipinski definition) is 1. The molecule has 0 aliphatic rings. The van der Waals surface area contributed by atoms with Crippen LogP contribution in [0.1, 0.15) is 29.8 Å². The van der Waals surface area contributed by atoms with E-state index in [1.54, 1.807) is 12.1 Å². The van der Waals surface area contributed by atoms with E-state index in [2.05, 4.69) is 5.32 Å². The first kappa shape index (κ1) is 16.6. The fourth-order valence-corrected chi connectivity index (χ4v) is 2.12. The van der Waals surface area contributed by atoms with Crippen molar-refractivity contribution in [1.29, 1.82) is 0 Å². The normalized spacial score (nSPS) is 10.3. The lowest BCUT2D eigenvalue weighted by Crippen LogP contribution is -2.01. The summed E-state index contributed by atoms with van der Waals surface area (Å²) in [6, 6.07) is 11.9. The number of nitro benzene ring substituents is 1. The van der Waals surface area contributed by atoms with Crippen molar-refractivity contribution in [3.8, 4) is 0 Å². The summed E-state index contributed by atoms with van der Waals surface area (Å²) in [5.41, 5.74) is 2.22. The topological polar surface area (TPSA) is 81.5 Å². The molecule has 0 spiro atoms. The highest BCUT2D eigenvalue weighted by molar-refractivity contribution is 5.95. The van der Waals surface area contributed by atoms with Crippen LogP contribution in [0.5, 0.6) is 0 Å². The number of ether oxygens (including phenoxy) is 1. The minimum atomic E-state index is -0.501. The molecular weight excluding hydrogens is 296 g/mol. The summed E-state index contributed by atoms with van der Waals surface area (Å²) in [6.07, 6.45) is 0. The van der Waals surface area contributed by atoms with Gasteiger partial charge in [-0.1, -0.05) is 12.1 Å². The molecule has 23 heavy (non-hydrogen) atoms. The van der Waals surface area contributed by atoms with Crippen LogP contribution in [-0.2, 0) is 11.3 Å². The standard InChI is InChI=1S/C17H18N2O4/c1-3-23-11-13-5-4-6-15(9-13)18-16-8-7-14(12(2)20)10-17(16)19(21)22/h4-10,18H,3,11H2,1-2H3. The second-order valence-corrected chi connectivity index (χ2v) is 5.01. The SMILES string of the molecule is CCOCc1cccc(Nc2ccc(C(C)=O)cc2[N+](=O)[O-])c1. The Morgan fingerprint density at radius 2 is 2.04 bits per heavy atom. The molecule has 0 saturated heterocycles. The quantitative estimate of drug-likeness (QED) is 0.473. The highest BCUT2D eigenvalue weighted by Crippen LogP contribution is 2.29. The van der Waals surface area contributed by atoms with Crippen LogP contribution in [0.3, 0.4) is 0 Å². The van der Waals surface area contributed by atoms with E-state index in [9.17, 15) is 14.9 Å². The van der Waals surface area contributed by atoms with Gasteiger partial charge in [0.15, 0.2) is 5.78 Å². The summed E-state index contributed by atoms with van der Waals surface area (Å²) in [5.74, 6) is -0.210. The number of anilines is 2. The first-order chi connectivity index (χ1) is 11.0. The highest BCUT2D eigenvalue weighted by atomic mass is 16.6. The molecule has 0 amide bonds. The number of nitrogens with one attached hydrogen (secondary N) is 1. The summed E-state index contributed by atoms with van der Waals surface area (Å²) in [4.78, 5) is 22.1. The van der Waals surface area contributed by atoms with E-state index in [-0.39, 0.29) is 11.5 Å². The summed E-state index contributed by atoms with van der Waals surface area (Å²) in [7, 11) is 0. The Labute approximate surface area is 134 Å². The molecule has 120 valence electrons. The van der Waals surface area contributed by atoms with Crippen LogP contribution >= 0.6 is 0 Å². The number of carbonyl (C=O) groups excluding carboxylic acids is 1. The fourth-order valence-electron chi connectivity index (χ4n) is 2.12. The van der Waals surface area contributed by atoms with E-state index < -0.39 is 4.92 Å². The molecule has 0 aromatic heterocycles. The van der Waals surface area contributed by atoms with Crippen LogP contribution in [0.2, 0.25) is 0 Å². The number of Topliss-reactive ketones (excluding diaryl/α,β-unsaturated/α-hetero) is 1. The summed E-state index contributed by atoms with van der Waals surface area (Å²) < 4.78 is 5.36. The van der Waals surface area contributed by atoms with Crippen LogP contribution in [0.4, 0.5) is 17.1 Å². The van der Waals surface area contributed by atoms with Gasteiger partial charge in [-0.25, -0.2) is 0 Å². The van der Waals surface area contributed by atoms with E-state index in [1.165, 1.54) is 13.0 Å². The van der Waals surface area contributed by atoms with Crippen LogP contribution in [0.25, 0.3) is 0 Å². The van der Waals surface area contributed by atoms with Gasteiger partial charge in [0, 0.05) is 23.9 Å². The third kappa shape index (κ3) is 4.37. The second kappa shape index (κ2) is 7.51. The van der Waals surface area contributed by atoms with Crippen LogP contribution < -0.4 is 5.32 Å². The molecule has 2 aromatic carbocycles. The molecule has 6 nitrogen and oxygen atoms in total. The van der Waals surface area contributed by atoms with Gasteiger partial charge in [-0.3, -0.25) is 14.9 Å². The lowest BCUT2D eigenvalue weighted by molar-refractivity contribution is -0.383. The maximum Gasteiger partial charge on any atom is 0.293 e. The van der Waals surface area contributed by atoms with Crippen molar-refractivity contribution in [2.75, 3.05) is 11.9 Å². The maximum atomic E-state index is 11.4. The van der Waals surface area contributed by atoms with E-state index in [0.717, 1.165) is 11.3 Å². The molecule has 0 saturated carbocycles. The van der Waals surface area contributed by atoms with Crippen molar-refractivity contribution < 1.29 is 14.5 Å². The molecule has 0 bridgehead atoms. The molecular formula is C17H18N2O4. The number of nitrogens with zero attached hydrogens (tertiary/aromatic N) is 1. The van der Waals surface area contributed by atoms with Crippen molar-refractivity contribution in [3.63, 3.8) is 0 Å². The third-order valence-corrected chi connectivity index (χ3v) is 3.28. The van der Waals surface area contributed by atoms with Gasteiger partial charge in [-0.15, -0.1) is 0 Å². The van der Waals surface area contributed by atoms with E-state index in [0.29, 0.717) is 24.5 Å². The van der Waals surface area contributed by atoms with Gasteiger partial charge in [0.1, 0.15) is 5.69 Å². The molecule has 1 N–H and O–H groups in total. The van der Waals surface area contributed by atoms with Gasteiger partial charge in [-0.2, -0.15) is 0 Å². The van der Waals surface area contributed by atoms with E-state index in [4.69, 9.17) is 4.74 Å². The number of ketones is 1. The molecule has 2 rings (SSSR count). The fraction of sp³-hybridized carbons (Fsp3) is 0.235. The minimum Gasteiger partial charge on any atom is -0.377 e. The van der Waals surface area contributed by atoms with Crippen LogP contribution in [-0.4, -0.2) is 17.3 Å². The molecule has 6 heteroatoms. The Balaban J connectivity index is 2.29. The van der Waals surface area contributed by atoms with Crippen LogP contribution in [0, 0.1) is 10.1 Å². The predicted octanol–water partition coefficient (Wildman–Crippen LogP) is 4.08. The average Bonchev–Trinajstić information content (AvgIpc) is 2.53. The molecule has 0 aliphatic heterocycles. The van der Waals surface area contributed by atoms with Crippen LogP contribution in [0.15, 0.2) is 42.5 Å². The number of nitro groups is 1. The van der Waals surface area contributed by atoms with Crippen molar-refractivity contribution in [2.45, 2.75) is 20.5 Å². The lowest BCUT2D eigenvalue weighted by atomic mass is 10.1. The van der Waals surface area contributed by atoms with Gasteiger partial charge in [-0.05, 0) is 43.7 Å². The average molecular weight is 314 g/mol. The molecule has 0 atom stereocenters. The Kier molecular flexibility index (Phi) is 5.43. The lowest BCUT2D eigenvalue weighted by Gasteiger charge is -2.10. The van der Waals surface area contributed by atoms with Gasteiger partial charge >= 0.3 is 0 Å². The third-order valence-electron chi connectivity index (χ3n) is 3.28. The molecule has 0 unspecified atom stereocenters. The largest absolute Gasteiger partial charge is 0.377 e. The second-order valence-electron chi connectivity index (χ2n) is 5.01. The number of benzene rings is 2. The first-order valence-corrected chi connectivity index (χ1v) is 7.24. The molecule has 0 aliphatic carbocycles. The van der Waals surface area contributed by atoms with Gasteiger partial charge in [0.25, 0.3) is 5.69 Å². The molecule has 0 fully saturated rings. The number of rotatable bonds is 7. The summed E-state index contributed by atoms with van der Waals surface area (Å²) in [6.45, 7) is 4.40. The first-order valence-electron chi connectivity index (χ1n) is 7.24. The summed E-state index contributed by atoms with van der Waals surface area (Å²) in [5, 5.41) is 14.3. The smallest absolute Gasteiger partial charge is 0.293 e. The number of hydrogen-bond acceptors (Lipinski definition) is 5. The Bertz CT molecular complexity index is 728. The summed E-state index contributed by atoms with van der Waals surface area (Å²) >= 11 is 0. The molecule has 0 radical (unpaired) electrons. The minimum absolute atomic E-state index is 0.132. The van der Waals surface area contributed by atoms with Crippen molar-refractivity contribution in [3.05, 3.63) is 63.7 Å². The molecule has 0 heterocycles. The van der Waals surface area contributed by atoms with E-state index >= 15 is 0 Å². The Morgan fingerprint density at radius 1 is 1.26 bits per heavy atom. The van der Waals surface area contributed by atoms with Gasteiger partial charge in [0.05, 0.1) is 11.5 Å². The predicted molar refractivity (Wildman–Crippen MR) is 88.2 cm³/mol. The van der Waals surface area contributed by atoms with Crippen molar-refractivity contribution in [1.82, 2.24) is 0 Å². The Morgan fingerprint density at radius 3 is 2.70 bits per heavy atom. The van der Waals surface area contributed by atoms with Gasteiger partial charge < -0.3 is 10.1 Å². The zero-order valence-corrected chi connectivity index (χ0v) is 13.0. The zero-order chi connectivity index (χ0) is 16.8.